The Morgan fingerprint density at radius 3 is 2.20 bits per heavy atom. The summed E-state index contributed by atoms with van der Waals surface area (Å²) in [5, 5.41) is 0. The van der Waals surface area contributed by atoms with E-state index in [2.05, 4.69) is 63.7 Å². The summed E-state index contributed by atoms with van der Waals surface area (Å²) in [6.45, 7) is 11.6. The molecule has 0 aliphatic carbocycles. The minimum Gasteiger partial charge on any atom is -0.376 e. The van der Waals surface area contributed by atoms with E-state index in [1.54, 1.807) is 0 Å². The van der Waals surface area contributed by atoms with Crippen LogP contribution in [0, 0.1) is 12.3 Å². The van der Waals surface area contributed by atoms with Crippen molar-refractivity contribution in [2.24, 2.45) is 5.41 Å². The second-order valence-corrected chi connectivity index (χ2v) is 7.59. The molecule has 0 aromatic heterocycles. The van der Waals surface area contributed by atoms with Crippen LogP contribution in [0.2, 0.25) is 0 Å². The molecule has 1 saturated heterocycles. The van der Waals surface area contributed by atoms with Gasteiger partial charge in [0.1, 0.15) is 0 Å². The molecule has 0 bridgehead atoms. The highest BCUT2D eigenvalue weighted by molar-refractivity contribution is 5.73. The first-order chi connectivity index (χ1) is 9.28. The highest BCUT2D eigenvalue weighted by Crippen LogP contribution is 2.35. The molecule has 1 aliphatic rings. The molecule has 1 aromatic carbocycles. The third kappa shape index (κ3) is 3.47. The molecule has 0 atom stereocenters. The van der Waals surface area contributed by atoms with Crippen LogP contribution < -0.4 is 9.80 Å². The van der Waals surface area contributed by atoms with Crippen molar-refractivity contribution in [3.63, 3.8) is 0 Å². The van der Waals surface area contributed by atoms with E-state index in [0.717, 1.165) is 6.42 Å². The molecule has 2 heteroatoms. The summed E-state index contributed by atoms with van der Waals surface area (Å²) in [6.07, 6.45) is 3.80. The smallest absolute Gasteiger partial charge is 0.0606 e. The van der Waals surface area contributed by atoms with Gasteiger partial charge in [-0.15, -0.1) is 0 Å². The Hall–Kier alpha value is -1.18. The largest absolute Gasteiger partial charge is 0.376 e. The first-order valence-corrected chi connectivity index (χ1v) is 7.84. The van der Waals surface area contributed by atoms with Gasteiger partial charge in [-0.3, -0.25) is 0 Å². The lowest BCUT2D eigenvalue weighted by Gasteiger charge is -2.28. The van der Waals surface area contributed by atoms with Gasteiger partial charge < -0.3 is 9.80 Å². The van der Waals surface area contributed by atoms with Gasteiger partial charge in [-0.1, -0.05) is 20.8 Å². The Morgan fingerprint density at radius 2 is 1.70 bits per heavy atom. The summed E-state index contributed by atoms with van der Waals surface area (Å²) in [6, 6.07) is 4.82. The monoisotopic (exact) mass is 274 g/mol. The molecule has 0 unspecified atom stereocenters. The molecule has 0 radical (unpaired) electrons. The van der Waals surface area contributed by atoms with Crippen LogP contribution in [0.15, 0.2) is 12.1 Å². The predicted octanol–water partition coefficient (Wildman–Crippen LogP) is 4.25. The van der Waals surface area contributed by atoms with Gasteiger partial charge >= 0.3 is 0 Å². The number of nitrogens with zero attached hydrogens (tertiary/aromatic N) is 2. The molecular weight excluding hydrogens is 244 g/mol. The highest BCUT2D eigenvalue weighted by Gasteiger charge is 2.20. The van der Waals surface area contributed by atoms with Gasteiger partial charge in [-0.2, -0.15) is 0 Å². The Balaban J connectivity index is 2.40. The molecular formula is C18H30N2. The van der Waals surface area contributed by atoms with Crippen molar-refractivity contribution in [1.82, 2.24) is 0 Å². The number of benzene rings is 1. The first kappa shape index (κ1) is 15.2. The first-order valence-electron chi connectivity index (χ1n) is 7.84. The molecule has 112 valence electrons. The van der Waals surface area contributed by atoms with Crippen LogP contribution in [0.25, 0.3) is 0 Å². The van der Waals surface area contributed by atoms with Crippen molar-refractivity contribution in [2.45, 2.75) is 47.0 Å². The summed E-state index contributed by atoms with van der Waals surface area (Å²) in [5.74, 6) is 0. The summed E-state index contributed by atoms with van der Waals surface area (Å²) in [5.41, 5.74) is 6.06. The lowest BCUT2D eigenvalue weighted by molar-refractivity contribution is 0.410. The summed E-state index contributed by atoms with van der Waals surface area (Å²) in [4.78, 5) is 4.81. The second kappa shape index (κ2) is 5.67. The third-order valence-corrected chi connectivity index (χ3v) is 4.08. The Morgan fingerprint density at radius 1 is 1.10 bits per heavy atom. The van der Waals surface area contributed by atoms with E-state index in [4.69, 9.17) is 0 Å². The van der Waals surface area contributed by atoms with E-state index in [1.165, 1.54) is 48.4 Å². The fraction of sp³-hybridized carbons (Fsp3) is 0.667. The zero-order valence-electron chi connectivity index (χ0n) is 14.1. The average molecular weight is 274 g/mol. The van der Waals surface area contributed by atoms with Gasteiger partial charge in [0.05, 0.1) is 11.4 Å². The molecule has 1 fully saturated rings. The van der Waals surface area contributed by atoms with Gasteiger partial charge in [0, 0.05) is 27.2 Å². The van der Waals surface area contributed by atoms with E-state index in [0.29, 0.717) is 5.41 Å². The third-order valence-electron chi connectivity index (χ3n) is 4.08. The van der Waals surface area contributed by atoms with Crippen LogP contribution in [0.1, 0.15) is 44.7 Å². The van der Waals surface area contributed by atoms with Crippen molar-refractivity contribution in [3.8, 4) is 0 Å². The second-order valence-electron chi connectivity index (χ2n) is 7.59. The average Bonchev–Trinajstić information content (AvgIpc) is 2.82. The normalized spacial score (nSPS) is 15.8. The Labute approximate surface area is 124 Å². The quantitative estimate of drug-likeness (QED) is 0.813. The maximum Gasteiger partial charge on any atom is 0.0606 e. The lowest BCUT2D eigenvalue weighted by atomic mass is 9.86. The number of hydrogen-bond donors (Lipinski definition) is 0. The molecule has 0 saturated carbocycles. The molecule has 1 aliphatic heterocycles. The van der Waals surface area contributed by atoms with Crippen molar-refractivity contribution < 1.29 is 0 Å². The van der Waals surface area contributed by atoms with E-state index < -0.39 is 0 Å². The topological polar surface area (TPSA) is 6.48 Å². The molecule has 2 nitrogen and oxygen atoms in total. The molecule has 0 spiro atoms. The van der Waals surface area contributed by atoms with Crippen LogP contribution in [0.4, 0.5) is 11.4 Å². The number of hydrogen-bond acceptors (Lipinski definition) is 2. The van der Waals surface area contributed by atoms with Gasteiger partial charge in [0.25, 0.3) is 0 Å². The fourth-order valence-electron chi connectivity index (χ4n) is 3.06. The van der Waals surface area contributed by atoms with Crippen LogP contribution in [0.3, 0.4) is 0 Å². The predicted molar refractivity (Wildman–Crippen MR) is 90.1 cm³/mol. The van der Waals surface area contributed by atoms with Gasteiger partial charge in [-0.05, 0) is 54.9 Å². The number of aryl methyl sites for hydroxylation is 1. The number of rotatable bonds is 3. The zero-order chi connectivity index (χ0) is 14.9. The summed E-state index contributed by atoms with van der Waals surface area (Å²) >= 11 is 0. The maximum atomic E-state index is 2.54. The standard InChI is InChI=1S/C18H30N2/c1-14-11-17(20-9-7-8-10-20)16(19(5)6)12-15(14)13-18(2,3)4/h11-12H,7-10,13H2,1-6H3. The molecule has 0 N–H and O–H groups in total. The minimum atomic E-state index is 0.337. The van der Waals surface area contributed by atoms with Crippen molar-refractivity contribution >= 4 is 11.4 Å². The highest BCUT2D eigenvalue weighted by atomic mass is 15.2. The molecule has 20 heavy (non-hydrogen) atoms. The van der Waals surface area contributed by atoms with E-state index >= 15 is 0 Å². The Kier molecular flexibility index (Phi) is 4.31. The van der Waals surface area contributed by atoms with Crippen LogP contribution in [0.5, 0.6) is 0 Å². The van der Waals surface area contributed by atoms with Gasteiger partial charge in [-0.25, -0.2) is 0 Å². The fourth-order valence-corrected chi connectivity index (χ4v) is 3.06. The van der Waals surface area contributed by atoms with E-state index in [-0.39, 0.29) is 0 Å². The SMILES string of the molecule is Cc1cc(N2CCCC2)c(N(C)C)cc1CC(C)(C)C. The molecule has 1 aromatic rings. The van der Waals surface area contributed by atoms with Crippen molar-refractivity contribution in [3.05, 3.63) is 23.3 Å². The van der Waals surface area contributed by atoms with Gasteiger partial charge in [0.15, 0.2) is 0 Å². The summed E-state index contributed by atoms with van der Waals surface area (Å²) < 4.78 is 0. The van der Waals surface area contributed by atoms with Crippen LogP contribution in [-0.4, -0.2) is 27.2 Å². The molecule has 2 rings (SSSR count). The number of anilines is 2. The lowest BCUT2D eigenvalue weighted by Crippen LogP contribution is -2.22. The molecule has 1 heterocycles. The van der Waals surface area contributed by atoms with Gasteiger partial charge in [0.2, 0.25) is 0 Å². The van der Waals surface area contributed by atoms with Crippen molar-refractivity contribution in [1.29, 1.82) is 0 Å². The summed E-state index contributed by atoms with van der Waals surface area (Å²) in [7, 11) is 4.32. The van der Waals surface area contributed by atoms with Crippen LogP contribution >= 0.6 is 0 Å². The van der Waals surface area contributed by atoms with E-state index in [1.807, 2.05) is 0 Å². The van der Waals surface area contributed by atoms with E-state index in [9.17, 15) is 0 Å². The molecule has 0 amide bonds. The minimum absolute atomic E-state index is 0.337. The Bertz CT molecular complexity index is 463. The zero-order valence-corrected chi connectivity index (χ0v) is 14.1. The maximum absolute atomic E-state index is 2.54. The van der Waals surface area contributed by atoms with Crippen LogP contribution in [-0.2, 0) is 6.42 Å². The van der Waals surface area contributed by atoms with Crippen molar-refractivity contribution in [2.75, 3.05) is 37.0 Å².